The van der Waals surface area contributed by atoms with Crippen molar-refractivity contribution in [3.8, 4) is 0 Å². The van der Waals surface area contributed by atoms with Crippen LogP contribution in [0.3, 0.4) is 0 Å². The van der Waals surface area contributed by atoms with Crippen molar-refractivity contribution in [3.63, 3.8) is 0 Å². The second-order valence-corrected chi connectivity index (χ2v) is 13.3. The minimum atomic E-state index is -4.52. The second-order valence-electron chi connectivity index (χ2n) is 8.23. The van der Waals surface area contributed by atoms with E-state index in [4.69, 9.17) is 11.5 Å². The van der Waals surface area contributed by atoms with Gasteiger partial charge in [0.05, 0.1) is 26.7 Å². The van der Waals surface area contributed by atoms with Gasteiger partial charge >= 0.3 is 6.18 Å². The van der Waals surface area contributed by atoms with Crippen molar-refractivity contribution in [2.45, 2.75) is 34.6 Å². The lowest BCUT2D eigenvalue weighted by Gasteiger charge is -2.38. The molecule has 0 radical (unpaired) electrons. The summed E-state index contributed by atoms with van der Waals surface area (Å²) in [6.07, 6.45) is -3.71. The lowest BCUT2D eigenvalue weighted by Crippen LogP contribution is -2.53. The molecule has 0 aromatic heterocycles. The third kappa shape index (κ3) is 4.61. The zero-order valence-electron chi connectivity index (χ0n) is 19.2. The van der Waals surface area contributed by atoms with Gasteiger partial charge in [-0.1, -0.05) is 17.8 Å². The van der Waals surface area contributed by atoms with Gasteiger partial charge in [0.25, 0.3) is 0 Å². The number of nitrogens with zero attached hydrogens (tertiary/aromatic N) is 3. The van der Waals surface area contributed by atoms with Crippen LogP contribution in [0.2, 0.25) is 0 Å². The van der Waals surface area contributed by atoms with Crippen molar-refractivity contribution in [1.82, 2.24) is 0 Å². The van der Waals surface area contributed by atoms with E-state index in [9.17, 15) is 30.0 Å². The molecule has 0 fully saturated rings. The summed E-state index contributed by atoms with van der Waals surface area (Å²) in [7, 11) is -7.84. The van der Waals surface area contributed by atoms with Crippen LogP contribution in [0.15, 0.2) is 68.0 Å². The topological polar surface area (TPSA) is 139 Å². The van der Waals surface area contributed by atoms with Gasteiger partial charge in [-0.15, -0.1) is 0 Å². The average Bonchev–Trinajstić information content (AvgIpc) is 3.07. The molecule has 2 aromatic carbocycles. The monoisotopic (exact) mass is 561 g/mol. The number of anilines is 2. The number of sulfone groups is 2. The molecule has 0 spiro atoms. The third-order valence-electron chi connectivity index (χ3n) is 5.61. The van der Waals surface area contributed by atoms with Crippen LogP contribution in [-0.2, 0) is 25.9 Å². The van der Waals surface area contributed by atoms with Crippen LogP contribution in [0.4, 0.5) is 24.5 Å². The number of hydrogen-bond acceptors (Lipinski definition) is 10. The number of benzene rings is 2. The van der Waals surface area contributed by atoms with Gasteiger partial charge in [0.2, 0.25) is 0 Å². The summed E-state index contributed by atoms with van der Waals surface area (Å²) < 4.78 is 89.7. The molecule has 9 nitrogen and oxygen atoms in total. The first-order valence-corrected chi connectivity index (χ1v) is 14.9. The van der Waals surface area contributed by atoms with Crippen molar-refractivity contribution in [1.29, 1.82) is 0 Å². The van der Waals surface area contributed by atoms with Crippen molar-refractivity contribution < 1.29 is 30.0 Å². The van der Waals surface area contributed by atoms with Crippen molar-refractivity contribution >= 4 is 48.6 Å². The first kappa shape index (κ1) is 26.5. The molecule has 2 atom stereocenters. The third-order valence-corrected chi connectivity index (χ3v) is 8.84. The minimum Gasteiger partial charge on any atom is -0.312 e. The van der Waals surface area contributed by atoms with Crippen LogP contribution in [0.25, 0.3) is 0 Å². The number of para-hydroxylation sites is 1. The molecule has 15 heteroatoms. The molecule has 0 bridgehead atoms. The van der Waals surface area contributed by atoms with Gasteiger partial charge in [-0.2, -0.15) is 13.2 Å². The van der Waals surface area contributed by atoms with Crippen LogP contribution in [0.5, 0.6) is 0 Å². The van der Waals surface area contributed by atoms with Crippen LogP contribution in [-0.4, -0.2) is 46.8 Å². The molecule has 0 amide bonds. The molecule has 2 unspecified atom stereocenters. The number of aliphatic imine (C=N–C) groups is 1. The van der Waals surface area contributed by atoms with E-state index in [2.05, 4.69) is 4.99 Å². The fourth-order valence-corrected chi connectivity index (χ4v) is 7.00. The van der Waals surface area contributed by atoms with Crippen molar-refractivity contribution in [2.24, 2.45) is 16.5 Å². The van der Waals surface area contributed by atoms with Gasteiger partial charge in [-0.05, 0) is 43.3 Å². The van der Waals surface area contributed by atoms with E-state index in [1.807, 2.05) is 0 Å². The van der Waals surface area contributed by atoms with Gasteiger partial charge in [-0.3, -0.25) is 0 Å². The summed E-state index contributed by atoms with van der Waals surface area (Å²) in [5.41, 5.74) is 11.5. The van der Waals surface area contributed by atoms with E-state index in [-0.39, 0.29) is 21.2 Å². The van der Waals surface area contributed by atoms with Crippen LogP contribution < -0.4 is 21.3 Å². The molecule has 2 heterocycles. The smallest absolute Gasteiger partial charge is 0.312 e. The quantitative estimate of drug-likeness (QED) is 0.577. The lowest BCUT2D eigenvalue weighted by atomic mass is 10.1. The van der Waals surface area contributed by atoms with Crippen LogP contribution in [0, 0.1) is 0 Å². The van der Waals surface area contributed by atoms with Gasteiger partial charge in [0.1, 0.15) is 22.5 Å². The van der Waals surface area contributed by atoms with Crippen molar-refractivity contribution in [2.75, 3.05) is 22.3 Å². The van der Waals surface area contributed by atoms with Crippen LogP contribution >= 0.6 is 11.8 Å². The first-order valence-electron chi connectivity index (χ1n) is 10.3. The van der Waals surface area contributed by atoms with E-state index >= 15 is 0 Å². The maximum absolute atomic E-state index is 13.1. The fourth-order valence-electron chi connectivity index (χ4n) is 4.09. The Morgan fingerprint density at radius 2 is 1.44 bits per heavy atom. The first-order chi connectivity index (χ1) is 16.5. The summed E-state index contributed by atoms with van der Waals surface area (Å²) in [5.74, 6) is 0.363. The molecule has 0 saturated carbocycles. The van der Waals surface area contributed by atoms with Gasteiger partial charge in [0, 0.05) is 18.2 Å². The predicted octanol–water partition coefficient (Wildman–Crippen LogP) is 2.70. The number of alkyl halides is 3. The molecule has 0 saturated heterocycles. The largest absolute Gasteiger partial charge is 0.416 e. The highest BCUT2D eigenvalue weighted by Crippen LogP contribution is 2.47. The molecule has 4 rings (SSSR count). The maximum Gasteiger partial charge on any atom is 0.416 e. The zero-order chi connectivity index (χ0) is 26.8. The molecule has 2 aliphatic heterocycles. The summed E-state index contributed by atoms with van der Waals surface area (Å²) in [4.78, 5) is 6.75. The van der Waals surface area contributed by atoms with Gasteiger partial charge in [-0.25, -0.2) is 21.8 Å². The Bertz CT molecular complexity index is 1450. The number of amidine groups is 1. The van der Waals surface area contributed by atoms with Gasteiger partial charge in [0.15, 0.2) is 19.7 Å². The molecule has 194 valence electrons. The Balaban J connectivity index is 1.89. The van der Waals surface area contributed by atoms with E-state index in [0.717, 1.165) is 36.4 Å². The highest BCUT2D eigenvalue weighted by atomic mass is 32.2. The number of nitrogens with two attached hydrogens (primary N) is 2. The van der Waals surface area contributed by atoms with Gasteiger partial charge < -0.3 is 21.3 Å². The Kier molecular flexibility index (Phi) is 6.44. The number of rotatable bonds is 4. The van der Waals surface area contributed by atoms with E-state index in [0.29, 0.717) is 16.6 Å². The molecule has 2 aromatic rings. The van der Waals surface area contributed by atoms with Crippen molar-refractivity contribution in [3.05, 3.63) is 58.8 Å². The molecule has 36 heavy (non-hydrogen) atoms. The van der Waals surface area contributed by atoms with Crippen LogP contribution in [0.1, 0.15) is 12.5 Å². The highest BCUT2D eigenvalue weighted by molar-refractivity contribution is 8.04. The zero-order valence-corrected chi connectivity index (χ0v) is 21.6. The van der Waals surface area contributed by atoms with E-state index < -0.39 is 43.1 Å². The standard InChI is InChI=1S/C21H22F3N5O4S3/c1-11-27-19-17(18(25)28(11)13-9-7-12(8-10-13)21(22,23)24)29(20(26)34-19)16-14(35(2,30)31)5-4-6-15(16)36(3,32)33/h4-10,18,20H,25-26H2,1-3H3. The molecule has 2 aliphatic rings. The molecule has 4 N–H and O–H groups in total. The van der Waals surface area contributed by atoms with E-state index in [1.165, 1.54) is 40.1 Å². The molecular formula is C21H22F3N5O4S3. The lowest BCUT2D eigenvalue weighted by molar-refractivity contribution is -0.137. The average molecular weight is 562 g/mol. The highest BCUT2D eigenvalue weighted by Gasteiger charge is 2.44. The fraction of sp³-hybridized carbons (Fsp3) is 0.286. The second kappa shape index (κ2) is 8.76. The summed E-state index contributed by atoms with van der Waals surface area (Å²) in [6, 6.07) is 8.16. The maximum atomic E-state index is 13.1. The number of thioether (sulfide) groups is 1. The number of halogens is 3. The van der Waals surface area contributed by atoms with E-state index in [1.54, 1.807) is 6.92 Å². The normalized spacial score (nSPS) is 21.1. The Labute approximate surface area is 210 Å². The predicted molar refractivity (Wildman–Crippen MR) is 133 cm³/mol. The Hall–Kier alpha value is -2.59. The summed E-state index contributed by atoms with van der Waals surface area (Å²) in [5, 5.41) is 0.346. The minimum absolute atomic E-state index is 0.162. The Morgan fingerprint density at radius 1 is 0.917 bits per heavy atom. The SMILES string of the molecule is CC1=NC2=C(C(N)N1c1ccc(C(F)(F)F)cc1)N(c1c(S(C)(=O)=O)cccc1S(C)(=O)=O)C(N)S2. The molecular weight excluding hydrogens is 539 g/mol. The Morgan fingerprint density at radius 3 is 1.92 bits per heavy atom. The summed E-state index contributed by atoms with van der Waals surface area (Å²) in [6.45, 7) is 1.61. The summed E-state index contributed by atoms with van der Waals surface area (Å²) >= 11 is 1.05. The number of hydrogen-bond donors (Lipinski definition) is 2. The molecule has 0 aliphatic carbocycles.